The van der Waals surface area contributed by atoms with E-state index in [1.165, 1.54) is 5.56 Å². The molecule has 0 saturated carbocycles. The van der Waals surface area contributed by atoms with Crippen LogP contribution in [-0.4, -0.2) is 38.1 Å². The summed E-state index contributed by atoms with van der Waals surface area (Å²) in [6, 6.07) is 6.44. The molecule has 0 aliphatic rings. The summed E-state index contributed by atoms with van der Waals surface area (Å²) < 4.78 is 11.1. The first-order valence-electron chi connectivity index (χ1n) is 7.74. The first-order chi connectivity index (χ1) is 10.1. The van der Waals surface area contributed by atoms with Crippen molar-refractivity contribution >= 4 is 0 Å². The van der Waals surface area contributed by atoms with Gasteiger partial charge in [0.1, 0.15) is 18.5 Å². The number of aryl methyl sites for hydroxylation is 1. The number of hydrogen-bond acceptors (Lipinski definition) is 4. The van der Waals surface area contributed by atoms with Gasteiger partial charge in [0.25, 0.3) is 0 Å². The third kappa shape index (κ3) is 6.46. The largest absolute Gasteiger partial charge is 0.491 e. The highest BCUT2D eigenvalue weighted by atomic mass is 16.5. The van der Waals surface area contributed by atoms with Crippen molar-refractivity contribution in [1.29, 1.82) is 0 Å². The second kappa shape index (κ2) is 9.77. The second-order valence-corrected chi connectivity index (χ2v) is 5.43. The normalized spacial score (nSPS) is 14.0. The number of benzene rings is 1. The van der Waals surface area contributed by atoms with Gasteiger partial charge in [-0.15, -0.1) is 0 Å². The van der Waals surface area contributed by atoms with Gasteiger partial charge in [0.2, 0.25) is 0 Å². The summed E-state index contributed by atoms with van der Waals surface area (Å²) in [6.45, 7) is 7.54. The Morgan fingerprint density at radius 1 is 1.29 bits per heavy atom. The summed E-state index contributed by atoms with van der Waals surface area (Å²) in [5.41, 5.74) is 2.31. The Kier molecular flexibility index (Phi) is 8.35. The molecule has 0 radical (unpaired) electrons. The molecule has 0 aliphatic carbocycles. The first-order valence-corrected chi connectivity index (χ1v) is 7.74. The topological polar surface area (TPSA) is 50.7 Å². The molecule has 0 heterocycles. The SMILES string of the molecule is CCCCOCC(O)COc1ccc(C(C)NC)cc1C. The Balaban J connectivity index is 2.41. The van der Waals surface area contributed by atoms with Gasteiger partial charge in [0, 0.05) is 12.6 Å². The molecule has 0 amide bonds. The first kappa shape index (κ1) is 18.0. The third-order valence-corrected chi connectivity index (χ3v) is 3.52. The fourth-order valence-electron chi connectivity index (χ4n) is 1.97. The molecule has 0 bridgehead atoms. The molecule has 2 unspecified atom stereocenters. The summed E-state index contributed by atoms with van der Waals surface area (Å²) in [7, 11) is 1.94. The van der Waals surface area contributed by atoms with Gasteiger partial charge >= 0.3 is 0 Å². The van der Waals surface area contributed by atoms with Gasteiger partial charge in [-0.2, -0.15) is 0 Å². The Bertz CT molecular complexity index is 409. The van der Waals surface area contributed by atoms with Crippen molar-refractivity contribution < 1.29 is 14.6 Å². The van der Waals surface area contributed by atoms with Gasteiger partial charge in [-0.1, -0.05) is 25.5 Å². The van der Waals surface area contributed by atoms with Crippen molar-refractivity contribution in [1.82, 2.24) is 5.32 Å². The van der Waals surface area contributed by atoms with Crippen molar-refractivity contribution in [2.75, 3.05) is 26.9 Å². The van der Waals surface area contributed by atoms with Crippen molar-refractivity contribution in [3.8, 4) is 5.75 Å². The van der Waals surface area contributed by atoms with E-state index >= 15 is 0 Å². The van der Waals surface area contributed by atoms with Crippen LogP contribution in [0.1, 0.15) is 43.9 Å². The smallest absolute Gasteiger partial charge is 0.122 e. The molecule has 4 heteroatoms. The fraction of sp³-hybridized carbons (Fsp3) is 0.647. The lowest BCUT2D eigenvalue weighted by Crippen LogP contribution is -2.24. The zero-order valence-corrected chi connectivity index (χ0v) is 13.7. The molecule has 0 fully saturated rings. The Morgan fingerprint density at radius 2 is 2.05 bits per heavy atom. The number of aliphatic hydroxyl groups is 1. The number of rotatable bonds is 10. The van der Waals surface area contributed by atoms with Crippen LogP contribution in [0.3, 0.4) is 0 Å². The van der Waals surface area contributed by atoms with E-state index < -0.39 is 6.10 Å². The van der Waals surface area contributed by atoms with E-state index in [1.54, 1.807) is 0 Å². The summed E-state index contributed by atoms with van der Waals surface area (Å²) in [6.07, 6.45) is 1.54. The molecule has 0 saturated heterocycles. The van der Waals surface area contributed by atoms with Crippen LogP contribution in [0.25, 0.3) is 0 Å². The predicted molar refractivity (Wildman–Crippen MR) is 85.9 cm³/mol. The van der Waals surface area contributed by atoms with E-state index in [1.807, 2.05) is 26.1 Å². The number of aliphatic hydroxyl groups excluding tert-OH is 1. The number of nitrogens with one attached hydrogen (secondary N) is 1. The summed E-state index contributed by atoms with van der Waals surface area (Å²) in [5, 5.41) is 13.0. The van der Waals surface area contributed by atoms with Crippen LogP contribution in [0.2, 0.25) is 0 Å². The molecule has 21 heavy (non-hydrogen) atoms. The lowest BCUT2D eigenvalue weighted by Gasteiger charge is -2.16. The Hall–Kier alpha value is -1.10. The van der Waals surface area contributed by atoms with Crippen LogP contribution in [0.5, 0.6) is 5.75 Å². The van der Waals surface area contributed by atoms with Gasteiger partial charge < -0.3 is 19.9 Å². The van der Waals surface area contributed by atoms with Crippen LogP contribution < -0.4 is 10.1 Å². The minimum Gasteiger partial charge on any atom is -0.491 e. The van der Waals surface area contributed by atoms with Crippen LogP contribution in [-0.2, 0) is 4.74 Å². The number of ether oxygens (including phenoxy) is 2. The van der Waals surface area contributed by atoms with Crippen molar-refractivity contribution in [3.05, 3.63) is 29.3 Å². The second-order valence-electron chi connectivity index (χ2n) is 5.43. The zero-order valence-electron chi connectivity index (χ0n) is 13.7. The van der Waals surface area contributed by atoms with Gasteiger partial charge in [-0.25, -0.2) is 0 Å². The van der Waals surface area contributed by atoms with Crippen LogP contribution in [0.15, 0.2) is 18.2 Å². The highest BCUT2D eigenvalue weighted by Crippen LogP contribution is 2.22. The van der Waals surface area contributed by atoms with Gasteiger partial charge in [0.15, 0.2) is 0 Å². The minimum absolute atomic E-state index is 0.258. The lowest BCUT2D eigenvalue weighted by molar-refractivity contribution is 0.0112. The van der Waals surface area contributed by atoms with Gasteiger partial charge in [-0.05, 0) is 44.5 Å². The molecule has 4 nitrogen and oxygen atoms in total. The number of hydrogen-bond donors (Lipinski definition) is 2. The molecule has 0 aliphatic heterocycles. The van der Waals surface area contributed by atoms with Crippen molar-refractivity contribution in [2.45, 2.75) is 45.8 Å². The van der Waals surface area contributed by atoms with E-state index in [0.29, 0.717) is 19.3 Å². The third-order valence-electron chi connectivity index (χ3n) is 3.52. The number of unbranched alkanes of at least 4 members (excludes halogenated alkanes) is 1. The van der Waals surface area contributed by atoms with Crippen LogP contribution in [0, 0.1) is 6.92 Å². The molecule has 0 aromatic heterocycles. The van der Waals surface area contributed by atoms with E-state index in [2.05, 4.69) is 25.2 Å². The molecule has 2 atom stereocenters. The van der Waals surface area contributed by atoms with E-state index in [9.17, 15) is 5.11 Å². The zero-order chi connectivity index (χ0) is 15.7. The predicted octanol–water partition coefficient (Wildman–Crippen LogP) is 2.83. The molecular weight excluding hydrogens is 266 g/mol. The van der Waals surface area contributed by atoms with E-state index in [0.717, 1.165) is 24.2 Å². The highest BCUT2D eigenvalue weighted by molar-refractivity contribution is 5.37. The average Bonchev–Trinajstić information content (AvgIpc) is 2.49. The Labute approximate surface area is 128 Å². The molecule has 1 aromatic carbocycles. The van der Waals surface area contributed by atoms with Crippen molar-refractivity contribution in [2.24, 2.45) is 0 Å². The summed E-state index contributed by atoms with van der Waals surface area (Å²) >= 11 is 0. The van der Waals surface area contributed by atoms with Crippen LogP contribution >= 0.6 is 0 Å². The maximum Gasteiger partial charge on any atom is 0.122 e. The lowest BCUT2D eigenvalue weighted by atomic mass is 10.1. The van der Waals surface area contributed by atoms with Crippen molar-refractivity contribution in [3.63, 3.8) is 0 Å². The minimum atomic E-state index is -0.586. The summed E-state index contributed by atoms with van der Waals surface area (Å²) in [5.74, 6) is 0.815. The monoisotopic (exact) mass is 295 g/mol. The quantitative estimate of drug-likeness (QED) is 0.652. The van der Waals surface area contributed by atoms with Gasteiger partial charge in [0.05, 0.1) is 6.61 Å². The average molecular weight is 295 g/mol. The molecule has 120 valence electrons. The van der Waals surface area contributed by atoms with E-state index in [-0.39, 0.29) is 6.61 Å². The summed E-state index contributed by atoms with van der Waals surface area (Å²) in [4.78, 5) is 0. The van der Waals surface area contributed by atoms with Gasteiger partial charge in [-0.3, -0.25) is 0 Å². The van der Waals surface area contributed by atoms with Crippen LogP contribution in [0.4, 0.5) is 0 Å². The molecule has 1 rings (SSSR count). The maximum atomic E-state index is 9.82. The molecule has 2 N–H and O–H groups in total. The maximum absolute atomic E-state index is 9.82. The molecular formula is C17H29NO3. The fourth-order valence-corrected chi connectivity index (χ4v) is 1.97. The molecule has 0 spiro atoms. The highest BCUT2D eigenvalue weighted by Gasteiger charge is 2.09. The Morgan fingerprint density at radius 3 is 2.67 bits per heavy atom. The van der Waals surface area contributed by atoms with E-state index in [4.69, 9.17) is 9.47 Å². The standard InChI is InChI=1S/C17H29NO3/c1-5-6-9-20-11-16(19)12-21-17-8-7-15(10-13(17)2)14(3)18-4/h7-8,10,14,16,18-19H,5-6,9,11-12H2,1-4H3. The molecule has 1 aromatic rings.